The van der Waals surface area contributed by atoms with Crippen molar-refractivity contribution in [2.75, 3.05) is 7.11 Å². The first-order chi connectivity index (χ1) is 11.8. The third-order valence-electron chi connectivity index (χ3n) is 4.24. The van der Waals surface area contributed by atoms with Gasteiger partial charge >= 0.3 is 5.97 Å². The number of carbonyl (C=O) groups excluding carboxylic acids is 3. The summed E-state index contributed by atoms with van der Waals surface area (Å²) in [6, 6.07) is 5.85. The lowest BCUT2D eigenvalue weighted by Crippen LogP contribution is -2.48. The van der Waals surface area contributed by atoms with Crippen LogP contribution in [0.3, 0.4) is 0 Å². The van der Waals surface area contributed by atoms with Crippen molar-refractivity contribution in [2.24, 2.45) is 5.92 Å². The van der Waals surface area contributed by atoms with Gasteiger partial charge in [-0.2, -0.15) is 0 Å². The van der Waals surface area contributed by atoms with Gasteiger partial charge in [0, 0.05) is 12.0 Å². The molecular formula is C19H23NO5. The number of ether oxygens (including phenoxy) is 1. The number of hydrogen-bond donors (Lipinski definition) is 1. The third-order valence-corrected chi connectivity index (χ3v) is 4.24. The van der Waals surface area contributed by atoms with Crippen molar-refractivity contribution in [1.29, 1.82) is 0 Å². The molecule has 134 valence electrons. The maximum absolute atomic E-state index is 12.7. The second-order valence-corrected chi connectivity index (χ2v) is 6.59. The van der Waals surface area contributed by atoms with Gasteiger partial charge in [-0.05, 0) is 24.5 Å². The molecule has 0 saturated carbocycles. The van der Waals surface area contributed by atoms with Crippen LogP contribution in [0.25, 0.3) is 0 Å². The monoisotopic (exact) mass is 345 g/mol. The second kappa shape index (κ2) is 7.61. The largest absolute Gasteiger partial charge is 0.466 e. The van der Waals surface area contributed by atoms with Crippen LogP contribution >= 0.6 is 0 Å². The average molecular weight is 345 g/mol. The summed E-state index contributed by atoms with van der Waals surface area (Å²) >= 11 is 0. The van der Waals surface area contributed by atoms with E-state index in [-0.39, 0.29) is 17.9 Å². The summed E-state index contributed by atoms with van der Waals surface area (Å²) in [4.78, 5) is 38.0. The number of carbonyl (C=O) groups is 3. The standard InChI is InChI=1S/C19H23NO5/c1-11(2)9-15(16(21)10-12(3)19(24)25-4)20-17(22)13-7-5-6-8-14(13)18(20)23/h5-8,11,15-16,21H,3,9-10H2,1-2,4H3/t15-,16+/m0/s1. The molecule has 0 spiro atoms. The van der Waals surface area contributed by atoms with Gasteiger partial charge in [-0.3, -0.25) is 14.5 Å². The predicted molar refractivity (Wildman–Crippen MR) is 92.0 cm³/mol. The molecule has 0 unspecified atom stereocenters. The molecule has 0 aliphatic carbocycles. The van der Waals surface area contributed by atoms with Crippen LogP contribution in [0.1, 0.15) is 47.4 Å². The van der Waals surface area contributed by atoms with Gasteiger partial charge in [-0.15, -0.1) is 0 Å². The molecule has 2 amide bonds. The van der Waals surface area contributed by atoms with E-state index < -0.39 is 29.9 Å². The highest BCUT2D eigenvalue weighted by atomic mass is 16.5. The molecule has 1 N–H and O–H groups in total. The summed E-state index contributed by atoms with van der Waals surface area (Å²) in [7, 11) is 1.23. The smallest absolute Gasteiger partial charge is 0.333 e. The fourth-order valence-corrected chi connectivity index (χ4v) is 3.04. The number of esters is 1. The Balaban J connectivity index is 2.29. The molecule has 2 rings (SSSR count). The fourth-order valence-electron chi connectivity index (χ4n) is 3.04. The van der Waals surface area contributed by atoms with Crippen molar-refractivity contribution in [3.05, 3.63) is 47.5 Å². The number of fused-ring (bicyclic) bond motifs is 1. The van der Waals surface area contributed by atoms with E-state index >= 15 is 0 Å². The van der Waals surface area contributed by atoms with Crippen LogP contribution in [-0.2, 0) is 9.53 Å². The summed E-state index contributed by atoms with van der Waals surface area (Å²) in [6.45, 7) is 7.48. The third kappa shape index (κ3) is 3.79. The van der Waals surface area contributed by atoms with Crippen LogP contribution in [0.15, 0.2) is 36.4 Å². The Morgan fingerprint density at radius 2 is 1.72 bits per heavy atom. The minimum Gasteiger partial charge on any atom is -0.466 e. The molecule has 1 aromatic carbocycles. The quantitative estimate of drug-likeness (QED) is 0.465. The van der Waals surface area contributed by atoms with E-state index in [0.717, 1.165) is 4.90 Å². The molecular weight excluding hydrogens is 322 g/mol. The second-order valence-electron chi connectivity index (χ2n) is 6.59. The Morgan fingerprint density at radius 1 is 1.20 bits per heavy atom. The molecule has 0 aromatic heterocycles. The number of rotatable bonds is 7. The fraction of sp³-hybridized carbons (Fsp3) is 0.421. The van der Waals surface area contributed by atoms with Crippen LogP contribution in [0, 0.1) is 5.92 Å². The van der Waals surface area contributed by atoms with E-state index in [2.05, 4.69) is 11.3 Å². The number of aliphatic hydroxyl groups excluding tert-OH is 1. The lowest BCUT2D eigenvalue weighted by molar-refractivity contribution is -0.136. The van der Waals surface area contributed by atoms with Gasteiger partial charge in [0.2, 0.25) is 0 Å². The van der Waals surface area contributed by atoms with E-state index in [9.17, 15) is 19.5 Å². The van der Waals surface area contributed by atoms with Crippen LogP contribution in [0.4, 0.5) is 0 Å². The number of aliphatic hydroxyl groups is 1. The lowest BCUT2D eigenvalue weighted by Gasteiger charge is -2.31. The molecule has 0 radical (unpaired) electrons. The van der Waals surface area contributed by atoms with E-state index in [4.69, 9.17) is 0 Å². The average Bonchev–Trinajstić information content (AvgIpc) is 2.83. The first-order valence-corrected chi connectivity index (χ1v) is 8.19. The number of amides is 2. The summed E-state index contributed by atoms with van der Waals surface area (Å²) in [6.07, 6.45) is -0.755. The number of benzene rings is 1. The molecule has 1 heterocycles. The molecule has 0 bridgehead atoms. The normalized spacial score (nSPS) is 16.0. The van der Waals surface area contributed by atoms with Crippen molar-refractivity contribution >= 4 is 17.8 Å². The minimum atomic E-state index is -1.10. The minimum absolute atomic E-state index is 0.0720. The van der Waals surface area contributed by atoms with Gasteiger partial charge in [0.25, 0.3) is 11.8 Å². The predicted octanol–water partition coefficient (Wildman–Crippen LogP) is 2.18. The molecule has 2 atom stereocenters. The van der Waals surface area contributed by atoms with Gasteiger partial charge in [0.15, 0.2) is 0 Å². The summed E-state index contributed by atoms with van der Waals surface area (Å²) in [5.74, 6) is -1.33. The Morgan fingerprint density at radius 3 is 2.16 bits per heavy atom. The van der Waals surface area contributed by atoms with E-state index in [0.29, 0.717) is 17.5 Å². The first kappa shape index (κ1) is 18.9. The zero-order valence-corrected chi connectivity index (χ0v) is 14.7. The highest BCUT2D eigenvalue weighted by Crippen LogP contribution is 2.29. The van der Waals surface area contributed by atoms with Gasteiger partial charge < -0.3 is 9.84 Å². The number of hydrogen-bond acceptors (Lipinski definition) is 5. The number of methoxy groups -OCH3 is 1. The van der Waals surface area contributed by atoms with Gasteiger partial charge in [-0.25, -0.2) is 4.79 Å². The lowest BCUT2D eigenvalue weighted by atomic mass is 9.94. The molecule has 0 fully saturated rings. The zero-order valence-electron chi connectivity index (χ0n) is 14.7. The Kier molecular flexibility index (Phi) is 5.74. The summed E-state index contributed by atoms with van der Waals surface area (Å²) in [5.41, 5.74) is 0.765. The highest BCUT2D eigenvalue weighted by Gasteiger charge is 2.42. The SMILES string of the molecule is C=C(C[C@@H](O)[C@H](CC(C)C)N1C(=O)c2ccccc2C1=O)C(=O)OC. The first-order valence-electron chi connectivity index (χ1n) is 8.19. The zero-order chi connectivity index (χ0) is 18.7. The Labute approximate surface area is 147 Å². The van der Waals surface area contributed by atoms with Gasteiger partial charge in [-0.1, -0.05) is 32.6 Å². The van der Waals surface area contributed by atoms with Crippen molar-refractivity contribution in [3.8, 4) is 0 Å². The van der Waals surface area contributed by atoms with E-state index in [1.165, 1.54) is 7.11 Å². The van der Waals surface area contributed by atoms with Crippen LogP contribution in [0.2, 0.25) is 0 Å². The molecule has 1 aliphatic heterocycles. The van der Waals surface area contributed by atoms with E-state index in [1.54, 1.807) is 24.3 Å². The summed E-state index contributed by atoms with van der Waals surface area (Å²) in [5, 5.41) is 10.6. The van der Waals surface area contributed by atoms with Crippen molar-refractivity contribution in [1.82, 2.24) is 4.90 Å². The maximum atomic E-state index is 12.7. The van der Waals surface area contributed by atoms with Gasteiger partial charge in [0.1, 0.15) is 0 Å². The Bertz CT molecular complexity index is 675. The topological polar surface area (TPSA) is 83.9 Å². The van der Waals surface area contributed by atoms with Crippen molar-refractivity contribution in [2.45, 2.75) is 38.8 Å². The van der Waals surface area contributed by atoms with E-state index in [1.807, 2.05) is 13.8 Å². The summed E-state index contributed by atoms with van der Waals surface area (Å²) < 4.78 is 4.60. The molecule has 1 aromatic rings. The molecule has 6 heteroatoms. The number of nitrogens with zero attached hydrogens (tertiary/aromatic N) is 1. The van der Waals surface area contributed by atoms with Crippen LogP contribution in [0.5, 0.6) is 0 Å². The number of imide groups is 1. The highest BCUT2D eigenvalue weighted by molar-refractivity contribution is 6.21. The van der Waals surface area contributed by atoms with Crippen molar-refractivity contribution in [3.63, 3.8) is 0 Å². The molecule has 1 aliphatic rings. The van der Waals surface area contributed by atoms with Crippen LogP contribution in [-0.4, -0.2) is 47.0 Å². The Hall–Kier alpha value is -2.47. The maximum Gasteiger partial charge on any atom is 0.333 e. The van der Waals surface area contributed by atoms with Crippen molar-refractivity contribution < 1.29 is 24.2 Å². The molecule has 0 saturated heterocycles. The van der Waals surface area contributed by atoms with Crippen LogP contribution < -0.4 is 0 Å². The van der Waals surface area contributed by atoms with Gasteiger partial charge in [0.05, 0.1) is 30.4 Å². The molecule has 6 nitrogen and oxygen atoms in total. The molecule has 25 heavy (non-hydrogen) atoms.